The molecule has 3 aliphatic rings. The first-order valence-corrected chi connectivity index (χ1v) is 11.5. The number of ether oxygens (including phenoxy) is 2. The average Bonchev–Trinajstić information content (AvgIpc) is 3.27. The summed E-state index contributed by atoms with van der Waals surface area (Å²) in [6, 6.07) is 14.8. The molecule has 1 aliphatic heterocycles. The van der Waals surface area contributed by atoms with Crippen molar-refractivity contribution < 1.29 is 14.3 Å². The molecule has 1 saturated carbocycles. The number of hydrogen-bond donors (Lipinski definition) is 0. The molecule has 1 fully saturated rings. The Hall–Kier alpha value is -2.49. The van der Waals surface area contributed by atoms with Gasteiger partial charge in [0, 0.05) is 12.0 Å². The minimum absolute atomic E-state index is 0.143. The monoisotopic (exact) mass is 405 g/mol. The molecule has 0 N–H and O–H groups in total. The maximum Gasteiger partial charge on any atom is 0.231 e. The van der Waals surface area contributed by atoms with Gasteiger partial charge in [-0.3, -0.25) is 4.79 Å². The number of carbonyl (C=O) groups excluding carboxylic acids is 1. The first-order valence-electron chi connectivity index (χ1n) is 11.5. The lowest BCUT2D eigenvalue weighted by atomic mass is 9.84. The zero-order valence-electron chi connectivity index (χ0n) is 17.6. The van der Waals surface area contributed by atoms with E-state index in [1.54, 1.807) is 0 Å². The standard InChI is InChI=1S/C26H31NO3/c28-25(16-19-8-2-1-3-9-19)27(17-21-12-7-15-24-26(21)30-18-29-24)23-14-6-11-20-10-4-5-13-22(20)23/h4-5,7,10,12-13,15,19,23H,1-3,6,8-9,11,14,16-18H2/t23-/m1/s1. The summed E-state index contributed by atoms with van der Waals surface area (Å²) >= 11 is 0. The van der Waals surface area contributed by atoms with E-state index in [2.05, 4.69) is 35.2 Å². The van der Waals surface area contributed by atoms with E-state index in [1.165, 1.54) is 43.2 Å². The molecule has 4 heteroatoms. The van der Waals surface area contributed by atoms with Gasteiger partial charge in [-0.2, -0.15) is 0 Å². The number of nitrogens with zero attached hydrogens (tertiary/aromatic N) is 1. The quantitative estimate of drug-likeness (QED) is 0.632. The molecule has 2 aromatic rings. The third-order valence-electron chi connectivity index (χ3n) is 7.04. The van der Waals surface area contributed by atoms with Gasteiger partial charge in [0.05, 0.1) is 12.6 Å². The summed E-state index contributed by atoms with van der Waals surface area (Å²) in [5.74, 6) is 2.42. The number of rotatable bonds is 5. The van der Waals surface area contributed by atoms with Crippen LogP contribution in [0.25, 0.3) is 0 Å². The van der Waals surface area contributed by atoms with Crippen LogP contribution in [0, 0.1) is 5.92 Å². The van der Waals surface area contributed by atoms with E-state index in [0.29, 0.717) is 24.8 Å². The predicted octanol–water partition coefficient (Wildman–Crippen LogP) is 5.79. The number of carbonyl (C=O) groups is 1. The zero-order chi connectivity index (χ0) is 20.3. The molecule has 1 heterocycles. The lowest BCUT2D eigenvalue weighted by molar-refractivity contribution is -0.136. The first kappa shape index (κ1) is 19.5. The van der Waals surface area contributed by atoms with E-state index >= 15 is 0 Å². The van der Waals surface area contributed by atoms with Gasteiger partial charge >= 0.3 is 0 Å². The van der Waals surface area contributed by atoms with Crippen LogP contribution in [0.1, 0.15) is 74.1 Å². The van der Waals surface area contributed by atoms with Crippen molar-refractivity contribution >= 4 is 5.91 Å². The molecular weight excluding hydrogens is 374 g/mol. The molecule has 2 aromatic carbocycles. The molecule has 30 heavy (non-hydrogen) atoms. The van der Waals surface area contributed by atoms with Crippen molar-refractivity contribution in [3.05, 3.63) is 59.2 Å². The molecule has 1 atom stereocenters. The van der Waals surface area contributed by atoms with Crippen molar-refractivity contribution in [1.82, 2.24) is 4.90 Å². The third-order valence-corrected chi connectivity index (χ3v) is 7.04. The van der Waals surface area contributed by atoms with Gasteiger partial charge in [-0.05, 0) is 55.2 Å². The van der Waals surface area contributed by atoms with Crippen molar-refractivity contribution in [2.45, 2.75) is 70.4 Å². The van der Waals surface area contributed by atoms with Crippen LogP contribution >= 0.6 is 0 Å². The Bertz CT molecular complexity index is 903. The predicted molar refractivity (Wildman–Crippen MR) is 116 cm³/mol. The number of fused-ring (bicyclic) bond motifs is 2. The molecule has 5 rings (SSSR count). The molecule has 0 saturated heterocycles. The second-order valence-corrected chi connectivity index (χ2v) is 8.99. The normalized spacial score (nSPS) is 20.6. The molecule has 4 nitrogen and oxygen atoms in total. The van der Waals surface area contributed by atoms with E-state index in [0.717, 1.165) is 36.3 Å². The van der Waals surface area contributed by atoms with Crippen molar-refractivity contribution in [2.24, 2.45) is 5.92 Å². The Balaban J connectivity index is 1.45. The van der Waals surface area contributed by atoms with E-state index in [9.17, 15) is 4.79 Å². The van der Waals surface area contributed by atoms with Crippen molar-refractivity contribution in [1.29, 1.82) is 0 Å². The fraction of sp³-hybridized carbons (Fsp3) is 0.500. The van der Waals surface area contributed by atoms with E-state index in [4.69, 9.17) is 9.47 Å². The van der Waals surface area contributed by atoms with Crippen LogP contribution in [0.3, 0.4) is 0 Å². The molecule has 158 valence electrons. The maximum absolute atomic E-state index is 13.7. The van der Waals surface area contributed by atoms with Crippen LogP contribution in [-0.4, -0.2) is 17.6 Å². The van der Waals surface area contributed by atoms with Crippen molar-refractivity contribution in [3.63, 3.8) is 0 Å². The number of para-hydroxylation sites is 1. The summed E-state index contributed by atoms with van der Waals surface area (Å²) in [7, 11) is 0. The number of hydrogen-bond acceptors (Lipinski definition) is 3. The number of amides is 1. The smallest absolute Gasteiger partial charge is 0.231 e. The Morgan fingerprint density at radius 1 is 0.933 bits per heavy atom. The maximum atomic E-state index is 13.7. The summed E-state index contributed by atoms with van der Waals surface area (Å²) < 4.78 is 11.3. The zero-order valence-corrected chi connectivity index (χ0v) is 17.6. The van der Waals surface area contributed by atoms with Crippen molar-refractivity contribution in [3.8, 4) is 11.5 Å². The van der Waals surface area contributed by atoms with Gasteiger partial charge in [-0.15, -0.1) is 0 Å². The molecule has 0 aromatic heterocycles. The van der Waals surface area contributed by atoms with Crippen LogP contribution in [0.15, 0.2) is 42.5 Å². The summed E-state index contributed by atoms with van der Waals surface area (Å²) in [5, 5.41) is 0. The van der Waals surface area contributed by atoms with Crippen LogP contribution in [0.5, 0.6) is 11.5 Å². The van der Waals surface area contributed by atoms with Crippen LogP contribution < -0.4 is 9.47 Å². The fourth-order valence-corrected chi connectivity index (χ4v) is 5.48. The number of aryl methyl sites for hydroxylation is 1. The molecule has 2 aliphatic carbocycles. The van der Waals surface area contributed by atoms with E-state index in [1.807, 2.05) is 12.1 Å². The average molecular weight is 406 g/mol. The number of benzene rings is 2. The van der Waals surface area contributed by atoms with Crippen molar-refractivity contribution in [2.75, 3.05) is 6.79 Å². The topological polar surface area (TPSA) is 38.8 Å². The van der Waals surface area contributed by atoms with Gasteiger partial charge in [0.25, 0.3) is 0 Å². The SMILES string of the molecule is O=C(CC1CCCCC1)N(Cc1cccc2c1OCO2)[C@@H]1CCCc2ccccc21. The third kappa shape index (κ3) is 3.92. The van der Waals surface area contributed by atoms with E-state index < -0.39 is 0 Å². The lowest BCUT2D eigenvalue weighted by Gasteiger charge is -2.37. The summed E-state index contributed by atoms with van der Waals surface area (Å²) in [6.07, 6.45) is 10.2. The fourth-order valence-electron chi connectivity index (χ4n) is 5.48. The van der Waals surface area contributed by atoms with Gasteiger partial charge in [0.2, 0.25) is 12.7 Å². The van der Waals surface area contributed by atoms with E-state index in [-0.39, 0.29) is 12.8 Å². The Labute approximate surface area is 179 Å². The highest BCUT2D eigenvalue weighted by atomic mass is 16.7. The minimum Gasteiger partial charge on any atom is -0.454 e. The Morgan fingerprint density at radius 3 is 2.70 bits per heavy atom. The summed E-state index contributed by atoms with van der Waals surface area (Å²) in [4.78, 5) is 15.8. The Kier molecular flexibility index (Phi) is 5.65. The molecule has 0 unspecified atom stereocenters. The Morgan fingerprint density at radius 2 is 1.80 bits per heavy atom. The molecule has 0 spiro atoms. The summed E-state index contributed by atoms with van der Waals surface area (Å²) in [5.41, 5.74) is 3.76. The highest BCUT2D eigenvalue weighted by molar-refractivity contribution is 5.77. The summed E-state index contributed by atoms with van der Waals surface area (Å²) in [6.45, 7) is 0.839. The molecule has 1 amide bonds. The lowest BCUT2D eigenvalue weighted by Crippen LogP contribution is -2.37. The highest BCUT2D eigenvalue weighted by Crippen LogP contribution is 2.40. The molecular formula is C26H31NO3. The van der Waals surface area contributed by atoms with Crippen LogP contribution in [0.4, 0.5) is 0 Å². The minimum atomic E-state index is 0.143. The second-order valence-electron chi connectivity index (χ2n) is 8.99. The second kappa shape index (κ2) is 8.71. The largest absolute Gasteiger partial charge is 0.454 e. The van der Waals surface area contributed by atoms with Crippen LogP contribution in [-0.2, 0) is 17.8 Å². The highest BCUT2D eigenvalue weighted by Gasteiger charge is 2.32. The van der Waals surface area contributed by atoms with Gasteiger partial charge in [0.1, 0.15) is 0 Å². The first-order chi connectivity index (χ1) is 14.8. The van der Waals surface area contributed by atoms with Gasteiger partial charge in [-0.1, -0.05) is 55.7 Å². The molecule has 0 radical (unpaired) electrons. The molecule has 0 bridgehead atoms. The van der Waals surface area contributed by atoms with Gasteiger partial charge < -0.3 is 14.4 Å². The van der Waals surface area contributed by atoms with Gasteiger partial charge in [0.15, 0.2) is 11.5 Å². The van der Waals surface area contributed by atoms with Crippen LogP contribution in [0.2, 0.25) is 0 Å². The van der Waals surface area contributed by atoms with Gasteiger partial charge in [-0.25, -0.2) is 0 Å².